The van der Waals surface area contributed by atoms with Gasteiger partial charge < -0.3 is 24.4 Å². The molecule has 0 aromatic heterocycles. The Morgan fingerprint density at radius 2 is 1.94 bits per heavy atom. The van der Waals surface area contributed by atoms with Crippen LogP contribution in [0.1, 0.15) is 18.1 Å². The first-order valence-corrected chi connectivity index (χ1v) is 11.5. The van der Waals surface area contributed by atoms with Gasteiger partial charge in [-0.25, -0.2) is 0 Å². The average molecular weight is 482 g/mol. The molecule has 2 aromatic rings. The third-order valence-corrected chi connectivity index (χ3v) is 5.99. The SMILES string of the molecule is CCc1ccccc1N1C(=O)/C(=C\c2ccc(OCC(=O)N3CCOCC3)c(OC)c2)NC1=S. The Bertz CT molecular complexity index is 1130. The van der Waals surface area contributed by atoms with E-state index in [0.717, 1.165) is 23.2 Å². The number of hydrogen-bond donors (Lipinski definition) is 1. The molecule has 2 aliphatic heterocycles. The van der Waals surface area contributed by atoms with Crippen molar-refractivity contribution in [3.05, 3.63) is 59.3 Å². The molecule has 0 unspecified atom stereocenters. The van der Waals surface area contributed by atoms with Crippen LogP contribution >= 0.6 is 12.2 Å². The summed E-state index contributed by atoms with van der Waals surface area (Å²) in [6.07, 6.45) is 2.50. The van der Waals surface area contributed by atoms with E-state index >= 15 is 0 Å². The number of morpholine rings is 1. The Kier molecular flexibility index (Phi) is 7.44. The Balaban J connectivity index is 1.49. The number of hydrogen-bond acceptors (Lipinski definition) is 6. The van der Waals surface area contributed by atoms with Crippen LogP contribution in [0.2, 0.25) is 0 Å². The number of nitrogens with one attached hydrogen (secondary N) is 1. The van der Waals surface area contributed by atoms with Crippen LogP contribution in [0.25, 0.3) is 6.08 Å². The fourth-order valence-corrected chi connectivity index (χ4v) is 4.18. The monoisotopic (exact) mass is 481 g/mol. The number of carbonyl (C=O) groups is 2. The minimum absolute atomic E-state index is 0.0864. The molecule has 34 heavy (non-hydrogen) atoms. The van der Waals surface area contributed by atoms with E-state index in [1.807, 2.05) is 31.2 Å². The van der Waals surface area contributed by atoms with Gasteiger partial charge in [-0.2, -0.15) is 0 Å². The number of methoxy groups -OCH3 is 1. The first kappa shape index (κ1) is 23.7. The number of thiocarbonyl (C=S) groups is 1. The third-order valence-electron chi connectivity index (χ3n) is 5.71. The van der Waals surface area contributed by atoms with Gasteiger partial charge in [-0.05, 0) is 54.0 Å². The number of nitrogens with zero attached hydrogens (tertiary/aromatic N) is 2. The summed E-state index contributed by atoms with van der Waals surface area (Å²) in [6.45, 7) is 4.16. The Hall–Kier alpha value is -3.43. The van der Waals surface area contributed by atoms with Crippen molar-refractivity contribution in [2.75, 3.05) is 44.9 Å². The number of para-hydroxylation sites is 1. The predicted molar refractivity (Wildman–Crippen MR) is 133 cm³/mol. The van der Waals surface area contributed by atoms with Gasteiger partial charge in [-0.15, -0.1) is 0 Å². The van der Waals surface area contributed by atoms with Crippen molar-refractivity contribution in [2.45, 2.75) is 13.3 Å². The third kappa shape index (κ3) is 5.05. The van der Waals surface area contributed by atoms with E-state index in [1.165, 1.54) is 12.0 Å². The molecule has 0 atom stereocenters. The van der Waals surface area contributed by atoms with Crippen molar-refractivity contribution in [3.8, 4) is 11.5 Å². The first-order valence-electron chi connectivity index (χ1n) is 11.1. The van der Waals surface area contributed by atoms with Gasteiger partial charge in [-0.3, -0.25) is 14.5 Å². The zero-order valence-corrected chi connectivity index (χ0v) is 20.0. The van der Waals surface area contributed by atoms with Crippen molar-refractivity contribution in [1.82, 2.24) is 10.2 Å². The fourth-order valence-electron chi connectivity index (χ4n) is 3.89. The van der Waals surface area contributed by atoms with Crippen molar-refractivity contribution in [3.63, 3.8) is 0 Å². The molecule has 2 aliphatic rings. The van der Waals surface area contributed by atoms with E-state index < -0.39 is 0 Å². The van der Waals surface area contributed by atoms with Crippen LogP contribution in [0.15, 0.2) is 48.2 Å². The second-order valence-electron chi connectivity index (χ2n) is 7.80. The minimum atomic E-state index is -0.221. The van der Waals surface area contributed by atoms with Crippen LogP contribution in [0, 0.1) is 0 Å². The Labute approximate surface area is 204 Å². The summed E-state index contributed by atoms with van der Waals surface area (Å²) in [6, 6.07) is 13.0. The van der Waals surface area contributed by atoms with E-state index in [2.05, 4.69) is 5.32 Å². The average Bonchev–Trinajstić information content (AvgIpc) is 3.15. The molecule has 2 saturated heterocycles. The second kappa shape index (κ2) is 10.7. The van der Waals surface area contributed by atoms with Gasteiger partial charge in [0.15, 0.2) is 23.2 Å². The molecular weight excluding hydrogens is 454 g/mol. The highest BCUT2D eigenvalue weighted by Crippen LogP contribution is 2.30. The molecule has 0 spiro atoms. The number of rotatable bonds is 7. The van der Waals surface area contributed by atoms with Crippen LogP contribution in [-0.4, -0.2) is 61.8 Å². The highest BCUT2D eigenvalue weighted by molar-refractivity contribution is 7.80. The lowest BCUT2D eigenvalue weighted by molar-refractivity contribution is -0.137. The van der Waals surface area contributed by atoms with Crippen LogP contribution in [0.3, 0.4) is 0 Å². The molecule has 4 rings (SSSR count). The molecule has 2 heterocycles. The van der Waals surface area contributed by atoms with Gasteiger partial charge >= 0.3 is 0 Å². The maximum Gasteiger partial charge on any atom is 0.281 e. The summed E-state index contributed by atoms with van der Waals surface area (Å²) in [5, 5.41) is 3.36. The molecular formula is C25H27N3O5S. The number of anilines is 1. The van der Waals surface area contributed by atoms with Crippen LogP contribution in [0.5, 0.6) is 11.5 Å². The zero-order valence-electron chi connectivity index (χ0n) is 19.2. The van der Waals surface area contributed by atoms with Crippen molar-refractivity contribution < 1.29 is 23.8 Å². The minimum Gasteiger partial charge on any atom is -0.493 e. The van der Waals surface area contributed by atoms with E-state index in [0.29, 0.717) is 48.6 Å². The summed E-state index contributed by atoms with van der Waals surface area (Å²) >= 11 is 5.45. The highest BCUT2D eigenvalue weighted by atomic mass is 32.1. The van der Waals surface area contributed by atoms with Crippen LogP contribution in [0.4, 0.5) is 5.69 Å². The number of carbonyl (C=O) groups excluding carboxylic acids is 2. The molecule has 2 amide bonds. The first-order chi connectivity index (χ1) is 16.5. The lowest BCUT2D eigenvalue weighted by atomic mass is 10.1. The smallest absolute Gasteiger partial charge is 0.281 e. The van der Waals surface area contributed by atoms with Gasteiger partial charge in [0.2, 0.25) is 0 Å². The highest BCUT2D eigenvalue weighted by Gasteiger charge is 2.33. The second-order valence-corrected chi connectivity index (χ2v) is 8.19. The number of aryl methyl sites for hydroxylation is 1. The molecule has 2 aromatic carbocycles. The normalized spacial score (nSPS) is 17.2. The largest absolute Gasteiger partial charge is 0.493 e. The van der Waals surface area contributed by atoms with Crippen LogP contribution in [-0.2, 0) is 20.7 Å². The lowest BCUT2D eigenvalue weighted by Crippen LogP contribution is -2.43. The summed E-state index contributed by atoms with van der Waals surface area (Å²) in [5.74, 6) is 0.593. The fraction of sp³-hybridized carbons (Fsp3) is 0.320. The molecule has 8 nitrogen and oxygen atoms in total. The maximum absolute atomic E-state index is 13.1. The molecule has 9 heteroatoms. The zero-order chi connectivity index (χ0) is 24.1. The van der Waals surface area contributed by atoms with E-state index in [9.17, 15) is 9.59 Å². The Morgan fingerprint density at radius 1 is 1.18 bits per heavy atom. The van der Waals surface area contributed by atoms with Gasteiger partial charge in [0.1, 0.15) is 5.70 Å². The number of ether oxygens (including phenoxy) is 3. The van der Waals surface area contributed by atoms with E-state index in [1.54, 1.807) is 29.2 Å². The standard InChI is InChI=1S/C25H27N3O5S/c1-3-18-6-4-5-7-20(18)28-24(30)19(26-25(28)34)14-17-8-9-21(22(15-17)31-2)33-16-23(29)27-10-12-32-13-11-27/h4-9,14-15H,3,10-13,16H2,1-2H3,(H,26,34)/b19-14+. The summed E-state index contributed by atoms with van der Waals surface area (Å²) in [5.41, 5.74) is 2.92. The van der Waals surface area contributed by atoms with Crippen molar-refractivity contribution >= 4 is 40.9 Å². The predicted octanol–water partition coefficient (Wildman–Crippen LogP) is 2.76. The van der Waals surface area contributed by atoms with Gasteiger partial charge in [0.25, 0.3) is 11.8 Å². The van der Waals surface area contributed by atoms with Gasteiger partial charge in [0.05, 0.1) is 26.0 Å². The van der Waals surface area contributed by atoms with E-state index in [4.69, 9.17) is 26.4 Å². The number of amides is 2. The Morgan fingerprint density at radius 3 is 2.68 bits per heavy atom. The van der Waals surface area contributed by atoms with Crippen molar-refractivity contribution in [2.24, 2.45) is 0 Å². The topological polar surface area (TPSA) is 80.3 Å². The molecule has 2 fully saturated rings. The molecule has 1 N–H and O–H groups in total. The lowest BCUT2D eigenvalue weighted by Gasteiger charge is -2.26. The van der Waals surface area contributed by atoms with Crippen LogP contribution < -0.4 is 19.7 Å². The molecule has 0 saturated carbocycles. The van der Waals surface area contributed by atoms with Gasteiger partial charge in [-0.1, -0.05) is 31.2 Å². The maximum atomic E-state index is 13.1. The number of benzene rings is 2. The molecule has 0 radical (unpaired) electrons. The molecule has 178 valence electrons. The quantitative estimate of drug-likeness (QED) is 0.481. The molecule has 0 aliphatic carbocycles. The van der Waals surface area contributed by atoms with Crippen molar-refractivity contribution in [1.29, 1.82) is 0 Å². The molecule has 0 bridgehead atoms. The van der Waals surface area contributed by atoms with Gasteiger partial charge in [0, 0.05) is 13.1 Å². The van der Waals surface area contributed by atoms with E-state index in [-0.39, 0.29) is 18.4 Å². The summed E-state index contributed by atoms with van der Waals surface area (Å²) < 4.78 is 16.4. The summed E-state index contributed by atoms with van der Waals surface area (Å²) in [7, 11) is 1.53. The summed E-state index contributed by atoms with van der Waals surface area (Å²) in [4.78, 5) is 28.7.